The van der Waals surface area contributed by atoms with Gasteiger partial charge in [-0.05, 0) is 30.4 Å². The third kappa shape index (κ3) is 5.60. The molecule has 24 heavy (non-hydrogen) atoms. The second-order valence-electron chi connectivity index (χ2n) is 5.50. The normalized spacial score (nSPS) is 10.6. The first kappa shape index (κ1) is 18.4. The lowest BCUT2D eigenvalue weighted by molar-refractivity contribution is 0.0954. The Bertz CT molecular complexity index is 629. The molecule has 0 saturated carbocycles. The standard InChI is InChI=1S/C18H25N3O2S/c1-3-4-5-10-24-17-11-14(6-7-16(17)23-2)18(22)20-9-8-15-12-19-13-21-15/h6-7,11-13H,3-5,8-10H2,1-2H3,(H,19,21)(H,20,22). The molecule has 2 rings (SSSR count). The first-order valence-corrected chi connectivity index (χ1v) is 9.29. The summed E-state index contributed by atoms with van der Waals surface area (Å²) in [6.45, 7) is 2.77. The highest BCUT2D eigenvalue weighted by Gasteiger charge is 2.10. The van der Waals surface area contributed by atoms with Gasteiger partial charge in [-0.1, -0.05) is 19.8 Å². The maximum Gasteiger partial charge on any atom is 0.251 e. The molecule has 130 valence electrons. The summed E-state index contributed by atoms with van der Waals surface area (Å²) in [5.74, 6) is 1.80. The first-order chi connectivity index (χ1) is 11.7. The van der Waals surface area contributed by atoms with Crippen molar-refractivity contribution in [2.45, 2.75) is 37.5 Å². The Morgan fingerprint density at radius 3 is 2.96 bits per heavy atom. The van der Waals surface area contributed by atoms with E-state index in [-0.39, 0.29) is 5.91 Å². The summed E-state index contributed by atoms with van der Waals surface area (Å²) in [5, 5.41) is 2.94. The van der Waals surface area contributed by atoms with Gasteiger partial charge in [0.2, 0.25) is 0 Å². The summed E-state index contributed by atoms with van der Waals surface area (Å²) in [4.78, 5) is 20.3. The number of nitrogens with zero attached hydrogens (tertiary/aromatic N) is 1. The molecule has 0 atom stereocenters. The fourth-order valence-electron chi connectivity index (χ4n) is 2.30. The molecule has 0 radical (unpaired) electrons. The van der Waals surface area contributed by atoms with E-state index in [1.54, 1.807) is 37.5 Å². The van der Waals surface area contributed by atoms with Gasteiger partial charge in [-0.3, -0.25) is 4.79 Å². The maximum atomic E-state index is 12.3. The quantitative estimate of drug-likeness (QED) is 0.508. The van der Waals surface area contributed by atoms with Crippen molar-refractivity contribution in [1.29, 1.82) is 0 Å². The van der Waals surface area contributed by atoms with Gasteiger partial charge < -0.3 is 15.0 Å². The Labute approximate surface area is 147 Å². The molecule has 0 fully saturated rings. The molecule has 2 aromatic rings. The van der Waals surface area contributed by atoms with E-state index in [1.165, 1.54) is 19.3 Å². The van der Waals surface area contributed by atoms with Crippen LogP contribution in [0.3, 0.4) is 0 Å². The smallest absolute Gasteiger partial charge is 0.251 e. The van der Waals surface area contributed by atoms with Gasteiger partial charge in [0.25, 0.3) is 5.91 Å². The fraction of sp³-hybridized carbons (Fsp3) is 0.444. The number of hydrogen-bond donors (Lipinski definition) is 2. The average molecular weight is 347 g/mol. The minimum absolute atomic E-state index is 0.0624. The molecule has 1 amide bonds. The zero-order valence-electron chi connectivity index (χ0n) is 14.3. The van der Waals surface area contributed by atoms with Crippen LogP contribution < -0.4 is 10.1 Å². The van der Waals surface area contributed by atoms with E-state index in [0.717, 1.165) is 28.5 Å². The van der Waals surface area contributed by atoms with Gasteiger partial charge in [-0.25, -0.2) is 4.98 Å². The largest absolute Gasteiger partial charge is 0.496 e. The van der Waals surface area contributed by atoms with Crippen LogP contribution in [-0.2, 0) is 6.42 Å². The Hall–Kier alpha value is -1.95. The summed E-state index contributed by atoms with van der Waals surface area (Å²) < 4.78 is 5.40. The van der Waals surface area contributed by atoms with E-state index in [4.69, 9.17) is 4.74 Å². The van der Waals surface area contributed by atoms with Gasteiger partial charge in [-0.2, -0.15) is 0 Å². The van der Waals surface area contributed by atoms with Crippen LogP contribution in [0.15, 0.2) is 35.6 Å². The molecule has 1 aromatic heterocycles. The third-order valence-electron chi connectivity index (χ3n) is 3.67. The van der Waals surface area contributed by atoms with Crippen LogP contribution in [-0.4, -0.2) is 35.3 Å². The first-order valence-electron chi connectivity index (χ1n) is 8.31. The Kier molecular flexibility index (Phi) is 7.68. The summed E-state index contributed by atoms with van der Waals surface area (Å²) in [7, 11) is 1.66. The number of nitrogens with one attached hydrogen (secondary N) is 2. The van der Waals surface area contributed by atoms with Crippen molar-refractivity contribution in [2.75, 3.05) is 19.4 Å². The van der Waals surface area contributed by atoms with Gasteiger partial charge in [-0.15, -0.1) is 11.8 Å². The van der Waals surface area contributed by atoms with E-state index in [0.29, 0.717) is 12.1 Å². The predicted octanol–water partition coefficient (Wildman–Crippen LogP) is 3.67. The van der Waals surface area contributed by atoms with Crippen LogP contribution in [0.2, 0.25) is 0 Å². The minimum Gasteiger partial charge on any atom is -0.496 e. The third-order valence-corrected chi connectivity index (χ3v) is 4.79. The molecule has 0 aliphatic carbocycles. The number of H-pyrrole nitrogens is 1. The second kappa shape index (κ2) is 10.0. The highest BCUT2D eigenvalue weighted by molar-refractivity contribution is 7.99. The number of methoxy groups -OCH3 is 1. The number of ether oxygens (including phenoxy) is 1. The van der Waals surface area contributed by atoms with Crippen LogP contribution in [0, 0.1) is 0 Å². The maximum absolute atomic E-state index is 12.3. The predicted molar refractivity (Wildman–Crippen MR) is 97.9 cm³/mol. The molecule has 5 nitrogen and oxygen atoms in total. The molecule has 6 heteroatoms. The molecule has 0 spiro atoms. The number of thioether (sulfide) groups is 1. The highest BCUT2D eigenvalue weighted by atomic mass is 32.2. The molecule has 0 aliphatic heterocycles. The summed E-state index contributed by atoms with van der Waals surface area (Å²) in [6, 6.07) is 5.59. The van der Waals surface area contributed by atoms with Crippen molar-refractivity contribution in [2.24, 2.45) is 0 Å². The number of unbranched alkanes of at least 4 members (excludes halogenated alkanes) is 2. The van der Waals surface area contributed by atoms with E-state index in [2.05, 4.69) is 22.2 Å². The van der Waals surface area contributed by atoms with E-state index in [9.17, 15) is 4.79 Å². The lowest BCUT2D eigenvalue weighted by Crippen LogP contribution is -2.25. The number of aromatic nitrogens is 2. The molecular weight excluding hydrogens is 322 g/mol. The average Bonchev–Trinajstić information content (AvgIpc) is 3.12. The molecule has 2 N–H and O–H groups in total. The number of rotatable bonds is 10. The number of benzene rings is 1. The minimum atomic E-state index is -0.0624. The number of aromatic amines is 1. The van der Waals surface area contributed by atoms with Gasteiger partial charge in [0, 0.05) is 30.4 Å². The lowest BCUT2D eigenvalue weighted by Gasteiger charge is -2.11. The monoisotopic (exact) mass is 347 g/mol. The summed E-state index contributed by atoms with van der Waals surface area (Å²) in [5.41, 5.74) is 1.68. The van der Waals surface area contributed by atoms with Crippen LogP contribution >= 0.6 is 11.8 Å². The zero-order valence-corrected chi connectivity index (χ0v) is 15.1. The SMILES string of the molecule is CCCCCSc1cc(C(=O)NCCc2cnc[nH]2)ccc1OC. The number of amides is 1. The van der Waals surface area contributed by atoms with E-state index < -0.39 is 0 Å². The Morgan fingerprint density at radius 1 is 1.38 bits per heavy atom. The van der Waals surface area contributed by atoms with Crippen molar-refractivity contribution >= 4 is 17.7 Å². The fourth-order valence-corrected chi connectivity index (χ4v) is 3.37. The number of hydrogen-bond acceptors (Lipinski definition) is 4. The van der Waals surface area contributed by atoms with Crippen LogP contribution in [0.5, 0.6) is 5.75 Å². The van der Waals surface area contributed by atoms with E-state index >= 15 is 0 Å². The van der Waals surface area contributed by atoms with Gasteiger partial charge in [0.1, 0.15) is 5.75 Å². The number of imidazole rings is 1. The van der Waals surface area contributed by atoms with Gasteiger partial charge >= 0.3 is 0 Å². The molecule has 0 unspecified atom stereocenters. The van der Waals surface area contributed by atoms with Crippen molar-refractivity contribution in [3.05, 3.63) is 42.0 Å². The molecular formula is C18H25N3O2S. The molecule has 0 bridgehead atoms. The number of carbonyl (C=O) groups is 1. The van der Waals surface area contributed by atoms with Gasteiger partial charge in [0.05, 0.1) is 18.3 Å². The Morgan fingerprint density at radius 2 is 2.25 bits per heavy atom. The van der Waals surface area contributed by atoms with Gasteiger partial charge in [0.15, 0.2) is 0 Å². The molecule has 0 saturated heterocycles. The second-order valence-corrected chi connectivity index (χ2v) is 6.64. The number of carbonyl (C=O) groups excluding carboxylic acids is 1. The van der Waals surface area contributed by atoms with Crippen LogP contribution in [0.25, 0.3) is 0 Å². The summed E-state index contributed by atoms with van der Waals surface area (Å²) in [6.07, 6.45) is 7.75. The molecule has 1 heterocycles. The summed E-state index contributed by atoms with van der Waals surface area (Å²) >= 11 is 1.75. The van der Waals surface area contributed by atoms with Crippen molar-refractivity contribution < 1.29 is 9.53 Å². The lowest BCUT2D eigenvalue weighted by atomic mass is 10.2. The topological polar surface area (TPSA) is 67.0 Å². The zero-order chi connectivity index (χ0) is 17.2. The highest BCUT2D eigenvalue weighted by Crippen LogP contribution is 2.31. The van der Waals surface area contributed by atoms with Crippen LogP contribution in [0.4, 0.5) is 0 Å². The van der Waals surface area contributed by atoms with E-state index in [1.807, 2.05) is 12.1 Å². The van der Waals surface area contributed by atoms with Crippen LogP contribution in [0.1, 0.15) is 42.2 Å². The van der Waals surface area contributed by atoms with Crippen molar-refractivity contribution in [1.82, 2.24) is 15.3 Å². The molecule has 0 aliphatic rings. The van der Waals surface area contributed by atoms with Crippen molar-refractivity contribution in [3.63, 3.8) is 0 Å². The van der Waals surface area contributed by atoms with Crippen molar-refractivity contribution in [3.8, 4) is 5.75 Å². The molecule has 1 aromatic carbocycles. The Balaban J connectivity index is 1.91.